The molecule has 0 amide bonds. The van der Waals surface area contributed by atoms with E-state index in [1.54, 1.807) is 18.2 Å². The summed E-state index contributed by atoms with van der Waals surface area (Å²) < 4.78 is 13.4. The van der Waals surface area contributed by atoms with Crippen LogP contribution in [0.2, 0.25) is 0 Å². The first-order valence-corrected chi connectivity index (χ1v) is 6.21. The summed E-state index contributed by atoms with van der Waals surface area (Å²) in [6.07, 6.45) is 1.52. The molecule has 0 bridgehead atoms. The summed E-state index contributed by atoms with van der Waals surface area (Å²) >= 11 is 0. The Labute approximate surface area is 119 Å². The third-order valence-electron chi connectivity index (χ3n) is 3.25. The van der Waals surface area contributed by atoms with Crippen LogP contribution in [0.15, 0.2) is 42.6 Å². The number of benzene rings is 2. The summed E-state index contributed by atoms with van der Waals surface area (Å²) in [5, 5.41) is 9.70. The van der Waals surface area contributed by atoms with E-state index in [2.05, 4.69) is 11.1 Å². The van der Waals surface area contributed by atoms with Gasteiger partial charge in [0.2, 0.25) is 0 Å². The van der Waals surface area contributed by atoms with Crippen LogP contribution in [0.1, 0.15) is 21.5 Å². The number of aromatic nitrogens is 1. The van der Waals surface area contributed by atoms with Crippen LogP contribution in [0.4, 0.5) is 10.1 Å². The van der Waals surface area contributed by atoms with E-state index < -0.39 is 5.82 Å². The average molecular weight is 279 g/mol. The van der Waals surface area contributed by atoms with E-state index in [1.165, 1.54) is 12.3 Å². The van der Waals surface area contributed by atoms with Crippen LogP contribution >= 0.6 is 0 Å². The van der Waals surface area contributed by atoms with Gasteiger partial charge in [0.1, 0.15) is 5.82 Å². The number of carbonyl (C=O) groups is 1. The summed E-state index contributed by atoms with van der Waals surface area (Å²) in [7, 11) is 0. The largest absolute Gasteiger partial charge is 0.399 e. The first-order chi connectivity index (χ1) is 10.1. The van der Waals surface area contributed by atoms with Gasteiger partial charge in [0.25, 0.3) is 0 Å². The van der Waals surface area contributed by atoms with Gasteiger partial charge >= 0.3 is 0 Å². The highest BCUT2D eigenvalue weighted by molar-refractivity contribution is 6.17. The van der Waals surface area contributed by atoms with E-state index in [0.717, 1.165) is 12.1 Å². The highest BCUT2D eigenvalue weighted by Gasteiger charge is 2.17. The number of carbonyl (C=O) groups excluding carboxylic acids is 1. The molecule has 0 saturated carbocycles. The number of nitrogen functional groups attached to an aromatic ring is 1. The molecule has 21 heavy (non-hydrogen) atoms. The van der Waals surface area contributed by atoms with Gasteiger partial charge in [-0.25, -0.2) is 4.39 Å². The first kappa shape index (κ1) is 12.9. The van der Waals surface area contributed by atoms with Gasteiger partial charge in [-0.2, -0.15) is 5.26 Å². The summed E-state index contributed by atoms with van der Waals surface area (Å²) in [6.45, 7) is 0. The molecule has 0 spiro atoms. The van der Waals surface area contributed by atoms with Crippen LogP contribution in [-0.4, -0.2) is 10.8 Å². The molecule has 0 fully saturated rings. The molecule has 2 aromatic carbocycles. The molecule has 1 aromatic heterocycles. The normalized spacial score (nSPS) is 10.5. The Morgan fingerprint density at radius 3 is 2.81 bits per heavy atom. The Morgan fingerprint density at radius 2 is 2.10 bits per heavy atom. The molecule has 0 radical (unpaired) electrons. The molecule has 3 aromatic rings. The zero-order valence-electron chi connectivity index (χ0n) is 10.9. The number of hydrogen-bond donors (Lipinski definition) is 2. The van der Waals surface area contributed by atoms with E-state index in [0.29, 0.717) is 22.0 Å². The van der Waals surface area contributed by atoms with Crippen molar-refractivity contribution in [2.24, 2.45) is 0 Å². The molecule has 0 aliphatic heterocycles. The lowest BCUT2D eigenvalue weighted by Gasteiger charge is -2.03. The zero-order chi connectivity index (χ0) is 15.0. The van der Waals surface area contributed by atoms with E-state index in [4.69, 9.17) is 11.0 Å². The second kappa shape index (κ2) is 4.76. The minimum atomic E-state index is -0.571. The maximum absolute atomic E-state index is 13.4. The number of hydrogen-bond acceptors (Lipinski definition) is 3. The maximum Gasteiger partial charge on any atom is 0.195 e. The molecule has 0 aliphatic carbocycles. The number of nitriles is 1. The van der Waals surface area contributed by atoms with Crippen LogP contribution in [0.3, 0.4) is 0 Å². The van der Waals surface area contributed by atoms with E-state index in [1.807, 2.05) is 0 Å². The van der Waals surface area contributed by atoms with Gasteiger partial charge < -0.3 is 10.7 Å². The molecule has 3 rings (SSSR count). The smallest absolute Gasteiger partial charge is 0.195 e. The molecule has 0 atom stereocenters. The van der Waals surface area contributed by atoms with Crippen LogP contribution in [0.25, 0.3) is 10.9 Å². The fourth-order valence-electron chi connectivity index (χ4n) is 2.36. The number of halogens is 1. The topological polar surface area (TPSA) is 82.7 Å². The van der Waals surface area contributed by atoms with Gasteiger partial charge in [-0.1, -0.05) is 6.07 Å². The lowest BCUT2D eigenvalue weighted by Crippen LogP contribution is -2.03. The van der Waals surface area contributed by atoms with Gasteiger partial charge in [0, 0.05) is 33.9 Å². The Hall–Kier alpha value is -3.13. The van der Waals surface area contributed by atoms with E-state index >= 15 is 0 Å². The number of anilines is 1. The number of nitrogens with two attached hydrogens (primary N) is 1. The number of H-pyrrole nitrogens is 1. The SMILES string of the molecule is N#Cc1cccc2[nH]cc(C(=O)c3cc(N)cc(F)c3)c12. The Kier molecular flexibility index (Phi) is 2.92. The van der Waals surface area contributed by atoms with Crippen molar-refractivity contribution in [1.29, 1.82) is 5.26 Å². The molecule has 4 nitrogen and oxygen atoms in total. The van der Waals surface area contributed by atoms with Crippen molar-refractivity contribution in [3.8, 4) is 6.07 Å². The summed E-state index contributed by atoms with van der Waals surface area (Å²) in [6, 6.07) is 10.9. The summed E-state index contributed by atoms with van der Waals surface area (Å²) in [4.78, 5) is 15.5. The number of fused-ring (bicyclic) bond motifs is 1. The number of nitrogens with one attached hydrogen (secondary N) is 1. The molecule has 1 heterocycles. The molecule has 0 unspecified atom stereocenters. The summed E-state index contributed by atoms with van der Waals surface area (Å²) in [5.41, 5.74) is 7.30. The minimum absolute atomic E-state index is 0.154. The van der Waals surface area contributed by atoms with E-state index in [-0.39, 0.29) is 17.0 Å². The molecule has 0 aliphatic rings. The first-order valence-electron chi connectivity index (χ1n) is 6.21. The number of rotatable bonds is 2. The second-order valence-electron chi connectivity index (χ2n) is 4.64. The lowest BCUT2D eigenvalue weighted by molar-refractivity contribution is 0.104. The van der Waals surface area contributed by atoms with Crippen molar-refractivity contribution in [2.45, 2.75) is 0 Å². The Balaban J connectivity index is 2.21. The highest BCUT2D eigenvalue weighted by Crippen LogP contribution is 2.25. The van der Waals surface area contributed by atoms with Crippen molar-refractivity contribution < 1.29 is 9.18 Å². The predicted molar refractivity (Wildman–Crippen MR) is 77.3 cm³/mol. The lowest BCUT2D eigenvalue weighted by atomic mass is 9.99. The van der Waals surface area contributed by atoms with Gasteiger partial charge in [-0.3, -0.25) is 4.79 Å². The van der Waals surface area contributed by atoms with Gasteiger partial charge in [-0.15, -0.1) is 0 Å². The number of nitrogens with zero attached hydrogens (tertiary/aromatic N) is 1. The standard InChI is InChI=1S/C16H10FN3O/c17-11-4-10(5-12(19)6-11)16(21)13-8-20-14-3-1-2-9(7-18)15(13)14/h1-6,8,20H,19H2. The maximum atomic E-state index is 13.4. The average Bonchev–Trinajstić information content (AvgIpc) is 2.89. The molecule has 102 valence electrons. The van der Waals surface area contributed by atoms with Crippen molar-refractivity contribution in [1.82, 2.24) is 4.98 Å². The van der Waals surface area contributed by atoms with Crippen LogP contribution in [0.5, 0.6) is 0 Å². The van der Waals surface area contributed by atoms with E-state index in [9.17, 15) is 9.18 Å². The van der Waals surface area contributed by atoms with Gasteiger partial charge in [-0.05, 0) is 30.3 Å². The number of ketones is 1. The molecule has 3 N–H and O–H groups in total. The monoisotopic (exact) mass is 279 g/mol. The summed E-state index contributed by atoms with van der Waals surface area (Å²) in [5.74, 6) is -0.950. The van der Waals surface area contributed by atoms with Gasteiger partial charge in [0.15, 0.2) is 5.78 Å². The third kappa shape index (κ3) is 2.13. The highest BCUT2D eigenvalue weighted by atomic mass is 19.1. The van der Waals surface area contributed by atoms with Crippen molar-refractivity contribution in [3.05, 3.63) is 65.1 Å². The third-order valence-corrected chi connectivity index (χ3v) is 3.25. The minimum Gasteiger partial charge on any atom is -0.399 e. The molecular weight excluding hydrogens is 269 g/mol. The van der Waals surface area contributed by atoms with Crippen molar-refractivity contribution in [2.75, 3.05) is 5.73 Å². The Morgan fingerprint density at radius 1 is 1.29 bits per heavy atom. The fraction of sp³-hybridized carbons (Fsp3) is 0. The molecular formula is C16H10FN3O. The quantitative estimate of drug-likeness (QED) is 0.558. The fourth-order valence-corrected chi connectivity index (χ4v) is 2.36. The van der Waals surface area contributed by atoms with Crippen LogP contribution in [0, 0.1) is 17.1 Å². The van der Waals surface area contributed by atoms with Crippen LogP contribution in [-0.2, 0) is 0 Å². The molecule has 5 heteroatoms. The van der Waals surface area contributed by atoms with Crippen LogP contribution < -0.4 is 5.73 Å². The van der Waals surface area contributed by atoms with Crippen molar-refractivity contribution >= 4 is 22.4 Å². The Bertz CT molecular complexity index is 885. The zero-order valence-corrected chi connectivity index (χ0v) is 10.9. The van der Waals surface area contributed by atoms with Crippen molar-refractivity contribution in [3.63, 3.8) is 0 Å². The van der Waals surface area contributed by atoms with Gasteiger partial charge in [0.05, 0.1) is 11.6 Å². The molecule has 0 saturated heterocycles. The second-order valence-corrected chi connectivity index (χ2v) is 4.64. The predicted octanol–water partition coefficient (Wildman–Crippen LogP) is 2.99. The number of aromatic amines is 1.